The van der Waals surface area contributed by atoms with E-state index in [-0.39, 0.29) is 11.8 Å². The fourth-order valence-electron chi connectivity index (χ4n) is 2.09. The molecule has 21 heavy (non-hydrogen) atoms. The van der Waals surface area contributed by atoms with Crippen molar-refractivity contribution < 1.29 is 9.59 Å². The van der Waals surface area contributed by atoms with E-state index in [4.69, 9.17) is 5.73 Å². The van der Waals surface area contributed by atoms with Crippen molar-refractivity contribution >= 4 is 17.4 Å². The number of allylic oxidation sites excluding steroid dienone is 2. The summed E-state index contributed by atoms with van der Waals surface area (Å²) < 4.78 is 0. The summed E-state index contributed by atoms with van der Waals surface area (Å²) in [7, 11) is 1.66. The molecule has 0 fully saturated rings. The molecule has 0 aromatic heterocycles. The molecular weight excluding hydrogens is 266 g/mol. The number of rotatable bonds is 3. The molecule has 3 N–H and O–H groups in total. The van der Waals surface area contributed by atoms with Crippen molar-refractivity contribution in [1.82, 2.24) is 10.2 Å². The fraction of sp³-hybridized carbons (Fsp3) is 0.250. The summed E-state index contributed by atoms with van der Waals surface area (Å²) in [4.78, 5) is 25.8. The van der Waals surface area contributed by atoms with Crippen molar-refractivity contribution in [2.45, 2.75) is 19.0 Å². The van der Waals surface area contributed by atoms with E-state index >= 15 is 0 Å². The first-order valence-electron chi connectivity index (χ1n) is 6.77. The van der Waals surface area contributed by atoms with Gasteiger partial charge in [0.2, 0.25) is 5.91 Å². The number of likely N-dealkylation sites (N-methyl/N-ethyl adjacent to an activating group) is 1. The van der Waals surface area contributed by atoms with Gasteiger partial charge in [-0.3, -0.25) is 9.59 Å². The second-order valence-corrected chi connectivity index (χ2v) is 5.01. The molecule has 0 bridgehead atoms. The van der Waals surface area contributed by atoms with E-state index < -0.39 is 12.1 Å². The SMILES string of the molecule is C[C@H](N)C(=O)NC1C(=O)N(C)C=CC=C1c1ccccc1. The Balaban J connectivity index is 2.38. The third kappa shape index (κ3) is 3.38. The van der Waals surface area contributed by atoms with Crippen molar-refractivity contribution in [3.05, 3.63) is 54.2 Å². The fourth-order valence-corrected chi connectivity index (χ4v) is 2.09. The molecule has 1 aliphatic rings. The molecular formula is C16H19N3O2. The van der Waals surface area contributed by atoms with Gasteiger partial charge < -0.3 is 16.0 Å². The van der Waals surface area contributed by atoms with Crippen LogP contribution in [-0.2, 0) is 9.59 Å². The van der Waals surface area contributed by atoms with E-state index in [2.05, 4.69) is 5.32 Å². The minimum atomic E-state index is -0.745. The predicted octanol–water partition coefficient (Wildman–Crippen LogP) is 0.888. The van der Waals surface area contributed by atoms with Crippen LogP contribution in [0.4, 0.5) is 0 Å². The zero-order chi connectivity index (χ0) is 15.4. The molecule has 1 heterocycles. The number of carbonyl (C=O) groups is 2. The molecule has 0 aliphatic carbocycles. The molecule has 2 atom stereocenters. The van der Waals surface area contributed by atoms with E-state index in [1.165, 1.54) is 4.90 Å². The Labute approximate surface area is 124 Å². The molecule has 0 radical (unpaired) electrons. The number of hydrogen-bond acceptors (Lipinski definition) is 3. The lowest BCUT2D eigenvalue weighted by Gasteiger charge is -2.24. The van der Waals surface area contributed by atoms with Gasteiger partial charge >= 0.3 is 0 Å². The maximum atomic E-state index is 12.5. The normalized spacial score (nSPS) is 19.8. The molecule has 5 heteroatoms. The molecule has 1 aliphatic heterocycles. The van der Waals surface area contributed by atoms with Crippen molar-refractivity contribution in [3.63, 3.8) is 0 Å². The number of carbonyl (C=O) groups excluding carboxylic acids is 2. The van der Waals surface area contributed by atoms with Gasteiger partial charge in [0, 0.05) is 13.2 Å². The zero-order valence-electron chi connectivity index (χ0n) is 12.1. The Kier molecular flexibility index (Phi) is 4.55. The van der Waals surface area contributed by atoms with Crippen LogP contribution in [0.2, 0.25) is 0 Å². The summed E-state index contributed by atoms with van der Waals surface area (Å²) in [5, 5.41) is 2.72. The molecule has 1 aromatic carbocycles. The molecule has 5 nitrogen and oxygen atoms in total. The second-order valence-electron chi connectivity index (χ2n) is 5.01. The molecule has 110 valence electrons. The highest BCUT2D eigenvalue weighted by atomic mass is 16.2. The van der Waals surface area contributed by atoms with Gasteiger partial charge in [-0.1, -0.05) is 36.4 Å². The van der Waals surface area contributed by atoms with Crippen LogP contribution in [0.5, 0.6) is 0 Å². The minimum absolute atomic E-state index is 0.201. The highest BCUT2D eigenvalue weighted by Crippen LogP contribution is 2.22. The summed E-state index contributed by atoms with van der Waals surface area (Å²) in [6, 6.07) is 8.08. The predicted molar refractivity (Wildman–Crippen MR) is 81.9 cm³/mol. The number of hydrogen-bond donors (Lipinski definition) is 2. The Morgan fingerprint density at radius 1 is 1.33 bits per heavy atom. The number of benzene rings is 1. The van der Waals surface area contributed by atoms with Crippen LogP contribution in [0.3, 0.4) is 0 Å². The first-order valence-corrected chi connectivity index (χ1v) is 6.77. The van der Waals surface area contributed by atoms with E-state index in [0.29, 0.717) is 0 Å². The van der Waals surface area contributed by atoms with Gasteiger partial charge in [-0.2, -0.15) is 0 Å². The van der Waals surface area contributed by atoms with Gasteiger partial charge in [0.25, 0.3) is 5.91 Å². The third-order valence-corrected chi connectivity index (χ3v) is 3.30. The molecule has 2 rings (SSSR count). The zero-order valence-corrected chi connectivity index (χ0v) is 12.1. The first kappa shape index (κ1) is 15.0. The van der Waals surface area contributed by atoms with Crippen LogP contribution in [-0.4, -0.2) is 35.8 Å². The lowest BCUT2D eigenvalue weighted by atomic mass is 9.97. The van der Waals surface area contributed by atoms with Gasteiger partial charge in [-0.25, -0.2) is 0 Å². The van der Waals surface area contributed by atoms with Gasteiger partial charge in [0.1, 0.15) is 6.04 Å². The Morgan fingerprint density at radius 2 is 2.00 bits per heavy atom. The van der Waals surface area contributed by atoms with Gasteiger partial charge in [0.05, 0.1) is 6.04 Å². The van der Waals surface area contributed by atoms with Gasteiger partial charge in [-0.15, -0.1) is 0 Å². The molecule has 0 saturated carbocycles. The summed E-state index contributed by atoms with van der Waals surface area (Å²) in [5.41, 5.74) is 7.22. The Morgan fingerprint density at radius 3 is 2.62 bits per heavy atom. The summed E-state index contributed by atoms with van der Waals surface area (Å²) >= 11 is 0. The van der Waals surface area contributed by atoms with Gasteiger partial charge in [-0.05, 0) is 24.1 Å². The van der Waals surface area contributed by atoms with Crippen molar-refractivity contribution in [2.75, 3.05) is 7.05 Å². The summed E-state index contributed by atoms with van der Waals surface area (Å²) in [6.07, 6.45) is 5.30. The highest BCUT2D eigenvalue weighted by molar-refractivity contribution is 6.00. The van der Waals surface area contributed by atoms with Gasteiger partial charge in [0.15, 0.2) is 0 Å². The average Bonchev–Trinajstić information content (AvgIpc) is 2.61. The standard InChI is InChI=1S/C16H19N3O2/c1-11(17)15(20)18-14-13(12-7-4-3-5-8-12)9-6-10-19(2)16(14)21/h3-11,14H,17H2,1-2H3,(H,18,20)/t11-,14?/m0/s1. The Bertz CT molecular complexity index is 591. The summed E-state index contributed by atoms with van der Waals surface area (Å²) in [5.74, 6) is -0.557. The van der Waals surface area contributed by atoms with E-state index in [1.54, 1.807) is 26.2 Å². The molecule has 1 aromatic rings. The van der Waals surface area contributed by atoms with E-state index in [0.717, 1.165) is 11.1 Å². The molecule has 2 amide bonds. The number of amides is 2. The first-order chi connectivity index (χ1) is 10.0. The van der Waals surface area contributed by atoms with Crippen molar-refractivity contribution in [1.29, 1.82) is 0 Å². The quantitative estimate of drug-likeness (QED) is 0.866. The number of nitrogens with one attached hydrogen (secondary N) is 1. The molecule has 1 unspecified atom stereocenters. The van der Waals surface area contributed by atoms with Crippen LogP contribution in [0.25, 0.3) is 5.57 Å². The van der Waals surface area contributed by atoms with Crippen LogP contribution in [0.15, 0.2) is 48.7 Å². The largest absolute Gasteiger partial charge is 0.339 e. The average molecular weight is 285 g/mol. The summed E-state index contributed by atoms with van der Waals surface area (Å²) in [6.45, 7) is 1.59. The van der Waals surface area contributed by atoms with Crippen LogP contribution in [0, 0.1) is 0 Å². The highest BCUT2D eigenvalue weighted by Gasteiger charge is 2.29. The maximum Gasteiger partial charge on any atom is 0.253 e. The number of nitrogens with zero attached hydrogens (tertiary/aromatic N) is 1. The minimum Gasteiger partial charge on any atom is -0.339 e. The lowest BCUT2D eigenvalue weighted by Crippen LogP contribution is -2.50. The van der Waals surface area contributed by atoms with Crippen LogP contribution < -0.4 is 11.1 Å². The van der Waals surface area contributed by atoms with Crippen molar-refractivity contribution in [3.8, 4) is 0 Å². The topological polar surface area (TPSA) is 75.4 Å². The maximum absolute atomic E-state index is 12.5. The van der Waals surface area contributed by atoms with Crippen molar-refractivity contribution in [2.24, 2.45) is 5.73 Å². The Hall–Kier alpha value is -2.40. The van der Waals surface area contributed by atoms with Crippen LogP contribution in [0.1, 0.15) is 12.5 Å². The number of nitrogens with two attached hydrogens (primary N) is 1. The monoisotopic (exact) mass is 285 g/mol. The second kappa shape index (κ2) is 6.37. The van der Waals surface area contributed by atoms with E-state index in [1.807, 2.05) is 36.4 Å². The molecule has 0 spiro atoms. The smallest absolute Gasteiger partial charge is 0.253 e. The third-order valence-electron chi connectivity index (χ3n) is 3.30. The van der Waals surface area contributed by atoms with Crippen LogP contribution >= 0.6 is 0 Å². The lowest BCUT2D eigenvalue weighted by molar-refractivity contribution is -0.132. The molecule has 0 saturated heterocycles. The van der Waals surface area contributed by atoms with E-state index in [9.17, 15) is 9.59 Å².